The van der Waals surface area contributed by atoms with E-state index in [-0.39, 0.29) is 22.4 Å². The summed E-state index contributed by atoms with van der Waals surface area (Å²) < 4.78 is 12.3. The number of carbonyl (C=O) groups is 2. The first kappa shape index (κ1) is 31.2. The molecule has 3 aromatic carbocycles. The second kappa shape index (κ2) is 12.2. The van der Waals surface area contributed by atoms with Gasteiger partial charge in [0.1, 0.15) is 6.61 Å². The molecule has 0 saturated heterocycles. The molecule has 0 fully saturated rings. The normalized spacial score (nSPS) is 19.4. The van der Waals surface area contributed by atoms with E-state index in [1.54, 1.807) is 0 Å². The summed E-state index contributed by atoms with van der Waals surface area (Å²) in [6, 6.07) is 23.8. The molecule has 0 spiro atoms. The van der Waals surface area contributed by atoms with Gasteiger partial charge < -0.3 is 14.4 Å². The predicted molar refractivity (Wildman–Crippen MR) is 178 cm³/mol. The quantitative estimate of drug-likeness (QED) is 0.250. The molecule has 6 rings (SSSR count). The van der Waals surface area contributed by atoms with Gasteiger partial charge in [0.2, 0.25) is 0 Å². The van der Waals surface area contributed by atoms with E-state index in [0.717, 1.165) is 52.1 Å². The van der Waals surface area contributed by atoms with Crippen molar-refractivity contribution < 1.29 is 19.1 Å². The summed E-state index contributed by atoms with van der Waals surface area (Å²) in [5, 5.41) is 0.644. The molecule has 45 heavy (non-hydrogen) atoms. The summed E-state index contributed by atoms with van der Waals surface area (Å²) in [6.45, 7) is 12.0. The van der Waals surface area contributed by atoms with Crippen LogP contribution in [0.1, 0.15) is 82.9 Å². The number of allylic oxidation sites excluding steroid dienone is 4. The fraction of sp³-hybridized carbons (Fsp3) is 0.385. The molecule has 0 atom stereocenters. The molecule has 3 aliphatic rings. The lowest BCUT2D eigenvalue weighted by Gasteiger charge is -2.49. The van der Waals surface area contributed by atoms with E-state index in [1.807, 2.05) is 67.6 Å². The van der Waals surface area contributed by atoms with E-state index in [9.17, 15) is 9.59 Å². The smallest absolute Gasteiger partial charge is 0.162 e. The van der Waals surface area contributed by atoms with Crippen LogP contribution in [0.3, 0.4) is 0 Å². The lowest BCUT2D eigenvalue weighted by atomic mass is 9.63. The van der Waals surface area contributed by atoms with Crippen LogP contribution in [0.15, 0.2) is 95.3 Å². The highest BCUT2D eigenvalue weighted by molar-refractivity contribution is 6.31. The third-order valence-corrected chi connectivity index (χ3v) is 9.52. The molecular weight excluding hydrogens is 582 g/mol. The summed E-state index contributed by atoms with van der Waals surface area (Å²) in [4.78, 5) is 30.8. The summed E-state index contributed by atoms with van der Waals surface area (Å²) in [5.74, 6) is 0.963. The molecule has 234 valence electrons. The number of nitrogens with zero attached hydrogens (tertiary/aromatic N) is 1. The zero-order valence-corrected chi connectivity index (χ0v) is 27.7. The Kier molecular flexibility index (Phi) is 8.43. The van der Waals surface area contributed by atoms with Crippen molar-refractivity contribution in [1.29, 1.82) is 0 Å². The molecule has 0 saturated carbocycles. The Morgan fingerprint density at radius 3 is 1.96 bits per heavy atom. The SMILES string of the molecule is CCOc1cc(C2C3=C(CC(C)(C)CC3=O)N(Cc3ccccc3)C3=C2C(=O)CC(C)(C)C3)ccc1OCc1ccccc1Cl. The summed E-state index contributed by atoms with van der Waals surface area (Å²) in [6.07, 6.45) is 2.42. The first-order valence-electron chi connectivity index (χ1n) is 15.9. The van der Waals surface area contributed by atoms with Gasteiger partial charge in [0, 0.05) is 58.4 Å². The number of ketones is 2. The number of Topliss-reactive ketones (excluding diaryl/α,β-unsaturated/α-hetero) is 2. The fourth-order valence-corrected chi connectivity index (χ4v) is 7.39. The van der Waals surface area contributed by atoms with Crippen molar-refractivity contribution in [3.63, 3.8) is 0 Å². The summed E-state index contributed by atoms with van der Waals surface area (Å²) >= 11 is 6.39. The van der Waals surface area contributed by atoms with Crippen LogP contribution in [-0.4, -0.2) is 23.1 Å². The van der Waals surface area contributed by atoms with E-state index in [4.69, 9.17) is 21.1 Å². The standard InChI is InChI=1S/C39H42ClNO4/c1-6-44-34-18-26(16-17-33(34)45-24-27-14-10-11-15-28(27)40)35-36-29(19-38(2,3)21-31(36)42)41(23-25-12-8-7-9-13-25)30-20-39(4,5)22-32(43)37(30)35/h7-18,35H,6,19-24H2,1-5H3. The van der Waals surface area contributed by atoms with E-state index in [0.29, 0.717) is 49.1 Å². The summed E-state index contributed by atoms with van der Waals surface area (Å²) in [7, 11) is 0. The molecule has 3 aromatic rings. The van der Waals surface area contributed by atoms with Crippen LogP contribution in [0.4, 0.5) is 0 Å². The minimum absolute atomic E-state index is 0.116. The molecule has 5 nitrogen and oxygen atoms in total. The molecule has 0 N–H and O–H groups in total. The molecule has 6 heteroatoms. The van der Waals surface area contributed by atoms with Gasteiger partial charge in [0.15, 0.2) is 23.1 Å². The second-order valence-corrected chi connectivity index (χ2v) is 14.5. The largest absolute Gasteiger partial charge is 0.490 e. The minimum atomic E-state index is -0.453. The molecule has 0 aromatic heterocycles. The Morgan fingerprint density at radius 1 is 0.756 bits per heavy atom. The fourth-order valence-electron chi connectivity index (χ4n) is 7.20. The van der Waals surface area contributed by atoms with Crippen LogP contribution < -0.4 is 9.47 Å². The number of hydrogen-bond acceptors (Lipinski definition) is 5. The third kappa shape index (κ3) is 6.33. The van der Waals surface area contributed by atoms with Crippen LogP contribution in [-0.2, 0) is 22.7 Å². The monoisotopic (exact) mass is 623 g/mol. The molecule has 0 amide bonds. The maximum Gasteiger partial charge on any atom is 0.162 e. The third-order valence-electron chi connectivity index (χ3n) is 9.15. The van der Waals surface area contributed by atoms with E-state index in [1.165, 1.54) is 0 Å². The molecule has 2 aliphatic carbocycles. The van der Waals surface area contributed by atoms with Crippen LogP contribution in [0.25, 0.3) is 0 Å². The number of benzene rings is 3. The Hall–Kier alpha value is -3.83. The average molecular weight is 624 g/mol. The number of hydrogen-bond donors (Lipinski definition) is 0. The molecule has 0 unspecified atom stereocenters. The first-order chi connectivity index (χ1) is 21.5. The second-order valence-electron chi connectivity index (χ2n) is 14.1. The van der Waals surface area contributed by atoms with Gasteiger partial charge in [-0.2, -0.15) is 0 Å². The maximum atomic E-state index is 14.2. The van der Waals surface area contributed by atoms with Crippen LogP contribution >= 0.6 is 11.6 Å². The lowest BCUT2D eigenvalue weighted by molar-refractivity contribution is -0.119. The Bertz CT molecular complexity index is 1650. The molecule has 1 aliphatic heterocycles. The number of rotatable bonds is 8. The topological polar surface area (TPSA) is 55.8 Å². The highest BCUT2D eigenvalue weighted by Crippen LogP contribution is 2.55. The van der Waals surface area contributed by atoms with E-state index in [2.05, 4.69) is 44.7 Å². The van der Waals surface area contributed by atoms with Crippen LogP contribution in [0, 0.1) is 10.8 Å². The Labute approximate surface area is 271 Å². The van der Waals surface area contributed by atoms with Crippen molar-refractivity contribution in [1.82, 2.24) is 4.90 Å². The maximum absolute atomic E-state index is 14.2. The minimum Gasteiger partial charge on any atom is -0.490 e. The van der Waals surface area contributed by atoms with Crippen molar-refractivity contribution in [2.45, 2.75) is 79.4 Å². The predicted octanol–water partition coefficient (Wildman–Crippen LogP) is 9.20. The molecular formula is C39H42ClNO4. The van der Waals surface area contributed by atoms with Crippen molar-refractivity contribution >= 4 is 23.2 Å². The molecule has 0 radical (unpaired) electrons. The van der Waals surface area contributed by atoms with E-state index < -0.39 is 5.92 Å². The Morgan fingerprint density at radius 2 is 1.36 bits per heavy atom. The average Bonchev–Trinajstić information content (AvgIpc) is 2.97. The molecule has 0 bridgehead atoms. The highest BCUT2D eigenvalue weighted by atomic mass is 35.5. The van der Waals surface area contributed by atoms with Crippen LogP contribution in [0.2, 0.25) is 5.02 Å². The zero-order valence-electron chi connectivity index (χ0n) is 26.9. The molecule has 1 heterocycles. The van der Waals surface area contributed by atoms with Crippen molar-refractivity contribution in [3.8, 4) is 11.5 Å². The van der Waals surface area contributed by atoms with E-state index >= 15 is 0 Å². The number of carbonyl (C=O) groups excluding carboxylic acids is 2. The number of ether oxygens (including phenoxy) is 2. The summed E-state index contributed by atoms with van der Waals surface area (Å²) in [5.41, 5.74) is 6.14. The van der Waals surface area contributed by atoms with Gasteiger partial charge in [-0.1, -0.05) is 93.9 Å². The van der Waals surface area contributed by atoms with Gasteiger partial charge in [0.25, 0.3) is 0 Å². The van der Waals surface area contributed by atoms with Crippen molar-refractivity contribution in [3.05, 3.63) is 117 Å². The Balaban J connectivity index is 1.49. The van der Waals surface area contributed by atoms with Crippen molar-refractivity contribution in [2.75, 3.05) is 6.61 Å². The van der Waals surface area contributed by atoms with Gasteiger partial charge in [-0.3, -0.25) is 9.59 Å². The van der Waals surface area contributed by atoms with Gasteiger partial charge in [-0.15, -0.1) is 0 Å². The number of halogens is 1. The van der Waals surface area contributed by atoms with Crippen LogP contribution in [0.5, 0.6) is 11.5 Å². The zero-order chi connectivity index (χ0) is 31.9. The van der Waals surface area contributed by atoms with Gasteiger partial charge in [-0.05, 0) is 59.9 Å². The highest BCUT2D eigenvalue weighted by Gasteiger charge is 2.49. The first-order valence-corrected chi connectivity index (χ1v) is 16.3. The van der Waals surface area contributed by atoms with Gasteiger partial charge in [0.05, 0.1) is 6.61 Å². The van der Waals surface area contributed by atoms with Gasteiger partial charge in [-0.25, -0.2) is 0 Å². The van der Waals surface area contributed by atoms with Gasteiger partial charge >= 0.3 is 0 Å². The van der Waals surface area contributed by atoms with Crippen molar-refractivity contribution in [2.24, 2.45) is 10.8 Å². The lowest BCUT2D eigenvalue weighted by Crippen LogP contribution is -2.44.